The maximum atomic E-state index is 9.82. The van der Waals surface area contributed by atoms with E-state index >= 15 is 0 Å². The fraction of sp³-hybridized carbons (Fsp3) is 0.920. The molecule has 178 valence electrons. The van der Waals surface area contributed by atoms with Gasteiger partial charge in [-0.3, -0.25) is 0 Å². The average Bonchev–Trinajstić information content (AvgIpc) is 3.08. The third-order valence-electron chi connectivity index (χ3n) is 6.06. The van der Waals surface area contributed by atoms with E-state index in [2.05, 4.69) is 6.92 Å². The van der Waals surface area contributed by atoms with Crippen LogP contribution in [0.2, 0.25) is 0 Å². The SMILES string of the molecule is CCCCCCCCCCCCCCCCC/C=C/O[C@H](CO)[C@H]1OC[C@H](O)[C@H]1O. The normalized spacial score (nSPS) is 22.7. The minimum Gasteiger partial charge on any atom is -0.493 e. The van der Waals surface area contributed by atoms with Gasteiger partial charge in [0.15, 0.2) is 0 Å². The largest absolute Gasteiger partial charge is 0.493 e. The summed E-state index contributed by atoms with van der Waals surface area (Å²) in [5, 5.41) is 28.7. The molecule has 0 spiro atoms. The van der Waals surface area contributed by atoms with Gasteiger partial charge >= 0.3 is 0 Å². The zero-order valence-electron chi connectivity index (χ0n) is 19.4. The number of allylic oxidation sites excluding steroid dienone is 1. The highest BCUT2D eigenvalue weighted by molar-refractivity contribution is 4.90. The second kappa shape index (κ2) is 19.1. The molecule has 4 atom stereocenters. The summed E-state index contributed by atoms with van der Waals surface area (Å²) in [5.74, 6) is 0. The van der Waals surface area contributed by atoms with Gasteiger partial charge in [-0.25, -0.2) is 0 Å². The number of hydrogen-bond donors (Lipinski definition) is 3. The van der Waals surface area contributed by atoms with Gasteiger partial charge in [-0.15, -0.1) is 0 Å². The quantitative estimate of drug-likeness (QED) is 0.182. The highest BCUT2D eigenvalue weighted by atomic mass is 16.6. The molecule has 0 aromatic heterocycles. The number of aliphatic hydroxyl groups excluding tert-OH is 3. The van der Waals surface area contributed by atoms with Gasteiger partial charge in [-0.05, 0) is 18.9 Å². The number of unbranched alkanes of at least 4 members (excludes halogenated alkanes) is 15. The highest BCUT2D eigenvalue weighted by Crippen LogP contribution is 2.20. The van der Waals surface area contributed by atoms with Crippen molar-refractivity contribution < 1.29 is 24.8 Å². The van der Waals surface area contributed by atoms with Gasteiger partial charge in [0.1, 0.15) is 24.4 Å². The Labute approximate surface area is 184 Å². The van der Waals surface area contributed by atoms with Crippen molar-refractivity contribution in [2.45, 2.75) is 134 Å². The second-order valence-electron chi connectivity index (χ2n) is 8.82. The van der Waals surface area contributed by atoms with Crippen molar-refractivity contribution in [1.82, 2.24) is 0 Å². The van der Waals surface area contributed by atoms with Crippen LogP contribution in [0.25, 0.3) is 0 Å². The van der Waals surface area contributed by atoms with Gasteiger partial charge < -0.3 is 24.8 Å². The van der Waals surface area contributed by atoms with Crippen molar-refractivity contribution >= 4 is 0 Å². The predicted molar refractivity (Wildman–Crippen MR) is 122 cm³/mol. The van der Waals surface area contributed by atoms with Crippen LogP contribution in [-0.2, 0) is 9.47 Å². The van der Waals surface area contributed by atoms with Crippen molar-refractivity contribution in [2.24, 2.45) is 0 Å². The standard InChI is InChI=1S/C25H48O5/c1-2-3-4-5-6-7-8-9-10-11-12-13-14-15-16-17-18-19-29-23(20-26)25-24(28)22(27)21-30-25/h18-19,22-28H,2-17,20-21H2,1H3/b19-18+/t22-,23+,24+,25+/m0/s1. The summed E-state index contributed by atoms with van der Waals surface area (Å²) >= 11 is 0. The van der Waals surface area contributed by atoms with Gasteiger partial charge in [-0.2, -0.15) is 0 Å². The van der Waals surface area contributed by atoms with E-state index in [1.807, 2.05) is 6.08 Å². The van der Waals surface area contributed by atoms with Gasteiger partial charge in [0.2, 0.25) is 0 Å². The topological polar surface area (TPSA) is 79.2 Å². The summed E-state index contributed by atoms with van der Waals surface area (Å²) in [5.41, 5.74) is 0. The second-order valence-corrected chi connectivity index (χ2v) is 8.82. The van der Waals surface area contributed by atoms with Gasteiger partial charge in [0.25, 0.3) is 0 Å². The molecule has 0 aromatic carbocycles. The van der Waals surface area contributed by atoms with E-state index in [9.17, 15) is 15.3 Å². The third kappa shape index (κ3) is 12.9. The van der Waals surface area contributed by atoms with Crippen molar-refractivity contribution in [3.05, 3.63) is 12.3 Å². The number of aliphatic hydroxyl groups is 3. The monoisotopic (exact) mass is 428 g/mol. The van der Waals surface area contributed by atoms with Crippen molar-refractivity contribution in [3.63, 3.8) is 0 Å². The first-order chi connectivity index (χ1) is 14.7. The summed E-state index contributed by atoms with van der Waals surface area (Å²) in [6.45, 7) is 2.10. The van der Waals surface area contributed by atoms with Crippen LogP contribution in [0.15, 0.2) is 12.3 Å². The smallest absolute Gasteiger partial charge is 0.149 e. The molecule has 1 fully saturated rings. The number of ether oxygens (including phenoxy) is 2. The maximum Gasteiger partial charge on any atom is 0.149 e. The number of rotatable bonds is 20. The minimum atomic E-state index is -1.01. The highest BCUT2D eigenvalue weighted by Gasteiger charge is 2.40. The lowest BCUT2D eigenvalue weighted by molar-refractivity contribution is -0.0737. The van der Waals surface area contributed by atoms with Crippen LogP contribution in [0, 0.1) is 0 Å². The lowest BCUT2D eigenvalue weighted by Gasteiger charge is -2.23. The van der Waals surface area contributed by atoms with E-state index < -0.39 is 24.4 Å². The van der Waals surface area contributed by atoms with Crippen molar-refractivity contribution in [3.8, 4) is 0 Å². The van der Waals surface area contributed by atoms with Crippen LogP contribution in [-0.4, -0.2) is 52.9 Å². The summed E-state index contributed by atoms with van der Waals surface area (Å²) in [7, 11) is 0. The molecule has 5 nitrogen and oxygen atoms in total. The molecule has 0 amide bonds. The molecule has 0 saturated carbocycles. The van der Waals surface area contributed by atoms with Crippen LogP contribution in [0.4, 0.5) is 0 Å². The number of hydrogen-bond acceptors (Lipinski definition) is 5. The lowest BCUT2D eigenvalue weighted by atomic mass is 10.0. The zero-order chi connectivity index (χ0) is 21.9. The summed E-state index contributed by atoms with van der Waals surface area (Å²) < 4.78 is 10.8. The van der Waals surface area contributed by atoms with Crippen LogP contribution in [0.5, 0.6) is 0 Å². The van der Waals surface area contributed by atoms with Crippen LogP contribution >= 0.6 is 0 Å². The Kier molecular flexibility index (Phi) is 17.4. The molecule has 0 aromatic rings. The van der Waals surface area contributed by atoms with Gasteiger partial charge in [-0.1, -0.05) is 96.8 Å². The van der Waals surface area contributed by atoms with Crippen molar-refractivity contribution in [2.75, 3.05) is 13.2 Å². The van der Waals surface area contributed by atoms with Gasteiger partial charge in [0.05, 0.1) is 19.5 Å². The first-order valence-corrected chi connectivity index (χ1v) is 12.6. The Hall–Kier alpha value is -0.620. The lowest BCUT2D eigenvalue weighted by Crippen LogP contribution is -2.41. The Bertz CT molecular complexity index is 401. The first kappa shape index (κ1) is 27.4. The van der Waals surface area contributed by atoms with E-state index in [-0.39, 0.29) is 13.2 Å². The Balaban J connectivity index is 1.85. The zero-order valence-corrected chi connectivity index (χ0v) is 19.4. The molecule has 1 rings (SSSR count). The molecule has 0 aliphatic carbocycles. The molecular formula is C25H48O5. The first-order valence-electron chi connectivity index (χ1n) is 12.6. The Morgan fingerprint density at radius 2 is 1.33 bits per heavy atom. The molecule has 30 heavy (non-hydrogen) atoms. The molecule has 1 aliphatic rings. The molecule has 1 saturated heterocycles. The summed E-state index contributed by atoms with van der Waals surface area (Å²) in [6.07, 6.45) is 21.7. The summed E-state index contributed by atoms with van der Waals surface area (Å²) in [6, 6.07) is 0. The summed E-state index contributed by atoms with van der Waals surface area (Å²) in [4.78, 5) is 0. The molecular weight excluding hydrogens is 380 g/mol. The maximum absolute atomic E-state index is 9.82. The van der Waals surface area contributed by atoms with E-state index in [1.165, 1.54) is 89.9 Å². The Morgan fingerprint density at radius 1 is 0.833 bits per heavy atom. The molecule has 1 heterocycles. The Morgan fingerprint density at radius 3 is 1.77 bits per heavy atom. The van der Waals surface area contributed by atoms with E-state index in [0.29, 0.717) is 0 Å². The average molecular weight is 429 g/mol. The van der Waals surface area contributed by atoms with Crippen LogP contribution in [0.1, 0.15) is 110 Å². The molecule has 5 heteroatoms. The molecule has 0 bridgehead atoms. The van der Waals surface area contributed by atoms with E-state index in [4.69, 9.17) is 9.47 Å². The molecule has 3 N–H and O–H groups in total. The van der Waals surface area contributed by atoms with Crippen LogP contribution < -0.4 is 0 Å². The molecule has 1 aliphatic heterocycles. The van der Waals surface area contributed by atoms with E-state index in [0.717, 1.165) is 12.8 Å². The van der Waals surface area contributed by atoms with Crippen molar-refractivity contribution in [1.29, 1.82) is 0 Å². The predicted octanol–water partition coefficient (Wildman–Crippen LogP) is 5.26. The third-order valence-corrected chi connectivity index (χ3v) is 6.06. The van der Waals surface area contributed by atoms with Crippen LogP contribution in [0.3, 0.4) is 0 Å². The van der Waals surface area contributed by atoms with Gasteiger partial charge in [0, 0.05) is 0 Å². The minimum absolute atomic E-state index is 0.0779. The molecule has 0 unspecified atom stereocenters. The molecule has 0 radical (unpaired) electrons. The van der Waals surface area contributed by atoms with E-state index in [1.54, 1.807) is 6.26 Å². The fourth-order valence-corrected chi connectivity index (χ4v) is 4.04. The fourth-order valence-electron chi connectivity index (χ4n) is 4.04.